The van der Waals surface area contributed by atoms with Crippen LogP contribution in [0.4, 0.5) is 5.69 Å². The van der Waals surface area contributed by atoms with Crippen LogP contribution in [0.5, 0.6) is 5.75 Å². The van der Waals surface area contributed by atoms with Crippen molar-refractivity contribution in [2.24, 2.45) is 11.7 Å². The van der Waals surface area contributed by atoms with Crippen LogP contribution in [-0.4, -0.2) is 34.5 Å². The number of carboxylic acids is 1. The van der Waals surface area contributed by atoms with E-state index in [-0.39, 0.29) is 30.2 Å². The molecule has 0 saturated carbocycles. The number of primary amides is 1. The van der Waals surface area contributed by atoms with Gasteiger partial charge in [0.05, 0.1) is 11.5 Å². The molecule has 1 aromatic rings. The van der Waals surface area contributed by atoms with Crippen LogP contribution in [0.2, 0.25) is 0 Å². The smallest absolute Gasteiger partial charge is 0.308 e. The first kappa shape index (κ1) is 12.9. The molecular formula is C12H12N2O5. The first-order valence-corrected chi connectivity index (χ1v) is 5.56. The first-order valence-electron chi connectivity index (χ1n) is 5.56. The molecule has 1 fully saturated rings. The normalized spacial score (nSPS) is 18.6. The van der Waals surface area contributed by atoms with E-state index in [0.29, 0.717) is 5.69 Å². The van der Waals surface area contributed by atoms with Crippen LogP contribution >= 0.6 is 0 Å². The van der Waals surface area contributed by atoms with Crippen LogP contribution in [0.15, 0.2) is 18.2 Å². The van der Waals surface area contributed by atoms with Crippen LogP contribution < -0.4 is 10.6 Å². The zero-order valence-corrected chi connectivity index (χ0v) is 9.87. The van der Waals surface area contributed by atoms with Gasteiger partial charge in [0.1, 0.15) is 5.75 Å². The number of nitrogens with two attached hydrogens (primary N) is 1. The fraction of sp³-hybridized carbons (Fsp3) is 0.250. The van der Waals surface area contributed by atoms with Gasteiger partial charge in [-0.1, -0.05) is 0 Å². The fourth-order valence-electron chi connectivity index (χ4n) is 2.02. The maximum absolute atomic E-state index is 11.7. The second-order valence-corrected chi connectivity index (χ2v) is 4.31. The van der Waals surface area contributed by atoms with E-state index in [4.69, 9.17) is 10.8 Å². The van der Waals surface area contributed by atoms with Gasteiger partial charge in [0.2, 0.25) is 5.91 Å². The predicted octanol–water partition coefficient (Wildman–Crippen LogP) is -0.0714. The number of amides is 2. The number of hydrogen-bond donors (Lipinski definition) is 3. The van der Waals surface area contributed by atoms with Crippen molar-refractivity contribution in [3.05, 3.63) is 23.8 Å². The Labute approximate surface area is 108 Å². The Morgan fingerprint density at radius 3 is 2.53 bits per heavy atom. The first-order chi connectivity index (χ1) is 8.90. The summed E-state index contributed by atoms with van der Waals surface area (Å²) in [6.45, 7) is 0.0452. The van der Waals surface area contributed by atoms with Gasteiger partial charge in [0.25, 0.3) is 5.91 Å². The molecule has 1 saturated heterocycles. The van der Waals surface area contributed by atoms with E-state index in [1.54, 1.807) is 0 Å². The zero-order chi connectivity index (χ0) is 14.2. The van der Waals surface area contributed by atoms with Crippen LogP contribution in [-0.2, 0) is 9.59 Å². The van der Waals surface area contributed by atoms with Gasteiger partial charge in [-0.3, -0.25) is 14.4 Å². The van der Waals surface area contributed by atoms with Gasteiger partial charge in [-0.15, -0.1) is 0 Å². The molecule has 0 radical (unpaired) electrons. The van der Waals surface area contributed by atoms with Crippen molar-refractivity contribution in [2.45, 2.75) is 6.42 Å². The molecule has 0 aromatic heterocycles. The van der Waals surface area contributed by atoms with Crippen LogP contribution in [0.3, 0.4) is 0 Å². The van der Waals surface area contributed by atoms with Gasteiger partial charge in [-0.05, 0) is 12.1 Å². The predicted molar refractivity (Wildman–Crippen MR) is 64.7 cm³/mol. The highest BCUT2D eigenvalue weighted by Crippen LogP contribution is 2.29. The Balaban J connectivity index is 2.28. The molecule has 100 valence electrons. The average molecular weight is 264 g/mol. The number of carboxylic acid groups (broad SMARTS) is 1. The lowest BCUT2D eigenvalue weighted by Crippen LogP contribution is -2.25. The highest BCUT2D eigenvalue weighted by molar-refractivity contribution is 6.01. The number of hydrogen-bond acceptors (Lipinski definition) is 4. The summed E-state index contributed by atoms with van der Waals surface area (Å²) >= 11 is 0. The lowest BCUT2D eigenvalue weighted by molar-refractivity contribution is -0.141. The van der Waals surface area contributed by atoms with Gasteiger partial charge in [-0.25, -0.2) is 0 Å². The number of nitrogens with zero attached hydrogens (tertiary/aromatic N) is 1. The molecule has 1 aliphatic rings. The number of aliphatic carboxylic acids is 1. The SMILES string of the molecule is NC(=O)c1ccc(N2CC(C(=O)O)CC2=O)cc1O. The lowest BCUT2D eigenvalue weighted by Gasteiger charge is -2.16. The number of benzene rings is 1. The van der Waals surface area contributed by atoms with Crippen LogP contribution in [0.1, 0.15) is 16.8 Å². The summed E-state index contributed by atoms with van der Waals surface area (Å²) in [5, 5.41) is 18.5. The van der Waals surface area contributed by atoms with Crippen molar-refractivity contribution >= 4 is 23.5 Å². The Bertz CT molecular complexity index is 569. The molecule has 0 aliphatic carbocycles. The molecule has 2 rings (SSSR count). The third-order valence-corrected chi connectivity index (χ3v) is 3.03. The highest BCUT2D eigenvalue weighted by atomic mass is 16.4. The fourth-order valence-corrected chi connectivity index (χ4v) is 2.02. The second kappa shape index (κ2) is 4.60. The maximum atomic E-state index is 11.7. The molecule has 2 amide bonds. The minimum Gasteiger partial charge on any atom is -0.507 e. The minimum atomic E-state index is -1.03. The summed E-state index contributed by atoms with van der Waals surface area (Å²) in [5.41, 5.74) is 5.34. The summed E-state index contributed by atoms with van der Waals surface area (Å²) in [7, 11) is 0. The molecule has 0 spiro atoms. The van der Waals surface area contributed by atoms with E-state index in [1.165, 1.54) is 23.1 Å². The standard InChI is InChI=1S/C12H12N2O5/c13-11(17)8-2-1-7(4-9(8)15)14-5-6(12(18)19)3-10(14)16/h1-2,4,6,15H,3,5H2,(H2,13,17)(H,18,19). The van der Waals surface area contributed by atoms with Gasteiger partial charge < -0.3 is 20.8 Å². The molecule has 0 bridgehead atoms. The van der Waals surface area contributed by atoms with E-state index >= 15 is 0 Å². The Hall–Kier alpha value is -2.57. The third-order valence-electron chi connectivity index (χ3n) is 3.03. The maximum Gasteiger partial charge on any atom is 0.308 e. The Morgan fingerprint density at radius 2 is 2.05 bits per heavy atom. The number of aromatic hydroxyl groups is 1. The van der Waals surface area contributed by atoms with Crippen LogP contribution in [0.25, 0.3) is 0 Å². The van der Waals surface area contributed by atoms with E-state index in [9.17, 15) is 19.5 Å². The van der Waals surface area contributed by atoms with Gasteiger partial charge in [0, 0.05) is 24.7 Å². The molecule has 1 unspecified atom stereocenters. The second-order valence-electron chi connectivity index (χ2n) is 4.31. The summed E-state index contributed by atoms with van der Waals surface area (Å²) in [5.74, 6) is -3.24. The molecule has 19 heavy (non-hydrogen) atoms. The van der Waals surface area contributed by atoms with E-state index in [1.807, 2.05) is 0 Å². The van der Waals surface area contributed by atoms with Crippen molar-refractivity contribution in [3.63, 3.8) is 0 Å². The monoisotopic (exact) mass is 264 g/mol. The number of phenols is 1. The van der Waals surface area contributed by atoms with Crippen molar-refractivity contribution in [1.29, 1.82) is 0 Å². The van der Waals surface area contributed by atoms with Crippen molar-refractivity contribution in [3.8, 4) is 5.75 Å². The summed E-state index contributed by atoms with van der Waals surface area (Å²) in [6.07, 6.45) is -0.0757. The van der Waals surface area contributed by atoms with Crippen molar-refractivity contribution in [2.75, 3.05) is 11.4 Å². The highest BCUT2D eigenvalue weighted by Gasteiger charge is 2.35. The summed E-state index contributed by atoms with van der Waals surface area (Å²) in [6, 6.07) is 3.97. The van der Waals surface area contributed by atoms with Gasteiger partial charge >= 0.3 is 5.97 Å². The van der Waals surface area contributed by atoms with Crippen molar-refractivity contribution < 1.29 is 24.6 Å². The number of rotatable bonds is 3. The number of carbonyl (C=O) groups is 3. The lowest BCUT2D eigenvalue weighted by atomic mass is 10.1. The average Bonchev–Trinajstić information content (AvgIpc) is 2.71. The van der Waals surface area contributed by atoms with E-state index < -0.39 is 17.8 Å². The van der Waals surface area contributed by atoms with Crippen LogP contribution in [0, 0.1) is 5.92 Å². The zero-order valence-electron chi connectivity index (χ0n) is 9.87. The number of carbonyl (C=O) groups excluding carboxylic acids is 2. The molecule has 4 N–H and O–H groups in total. The van der Waals surface area contributed by atoms with Gasteiger partial charge in [0.15, 0.2) is 0 Å². The van der Waals surface area contributed by atoms with E-state index in [2.05, 4.69) is 0 Å². The van der Waals surface area contributed by atoms with E-state index in [0.717, 1.165) is 0 Å². The molecule has 1 atom stereocenters. The molecule has 7 nitrogen and oxygen atoms in total. The molecule has 7 heteroatoms. The Morgan fingerprint density at radius 1 is 1.37 bits per heavy atom. The summed E-state index contributed by atoms with van der Waals surface area (Å²) < 4.78 is 0. The topological polar surface area (TPSA) is 121 Å². The Kier molecular flexibility index (Phi) is 3.12. The summed E-state index contributed by atoms with van der Waals surface area (Å²) in [4.78, 5) is 34.8. The minimum absolute atomic E-state index is 0.0452. The molecule has 1 aromatic carbocycles. The van der Waals surface area contributed by atoms with Crippen molar-refractivity contribution in [1.82, 2.24) is 0 Å². The number of anilines is 1. The molecule has 1 heterocycles. The van der Waals surface area contributed by atoms with Gasteiger partial charge in [-0.2, -0.15) is 0 Å². The third kappa shape index (κ3) is 2.35. The quantitative estimate of drug-likeness (QED) is 0.705. The largest absolute Gasteiger partial charge is 0.507 e. The molecular weight excluding hydrogens is 252 g/mol. The molecule has 1 aliphatic heterocycles.